The summed E-state index contributed by atoms with van der Waals surface area (Å²) < 4.78 is 46.0. The molecule has 1 amide bonds. The molecule has 0 aliphatic heterocycles. The van der Waals surface area contributed by atoms with Crippen molar-refractivity contribution in [1.29, 1.82) is 0 Å². The van der Waals surface area contributed by atoms with E-state index >= 15 is 0 Å². The van der Waals surface area contributed by atoms with Gasteiger partial charge in [-0.05, 0) is 44.4 Å². The molecule has 0 N–H and O–H groups in total. The van der Waals surface area contributed by atoms with Crippen molar-refractivity contribution in [1.82, 2.24) is 14.5 Å². The van der Waals surface area contributed by atoms with E-state index in [1.54, 1.807) is 16.6 Å². The van der Waals surface area contributed by atoms with Crippen LogP contribution in [0, 0.1) is 11.7 Å². The summed E-state index contributed by atoms with van der Waals surface area (Å²) in [5, 5.41) is -0.0681. The molecule has 3 rings (SSSR count). The Labute approximate surface area is 176 Å². The largest absolute Gasteiger partial charge is 0.383 e. The van der Waals surface area contributed by atoms with E-state index in [0.717, 1.165) is 12.8 Å². The minimum absolute atomic E-state index is 0.0110. The standard InChI is InChI=1S/C21H28FN3O4S/c1-15(2)25(20(26)17-6-7-17)13-19-12-23-21(24(19)10-11-29-3)30(27,28)14-16-4-8-18(22)9-5-16/h4-5,8-9,12,15,17H,6-7,10-11,13-14H2,1-3H3. The number of hydrogen-bond acceptors (Lipinski definition) is 5. The van der Waals surface area contributed by atoms with Crippen LogP contribution >= 0.6 is 0 Å². The molecule has 2 aromatic rings. The lowest BCUT2D eigenvalue weighted by Gasteiger charge is -2.27. The molecule has 1 aliphatic carbocycles. The predicted octanol–water partition coefficient (Wildman–Crippen LogP) is 2.79. The molecule has 0 saturated heterocycles. The van der Waals surface area contributed by atoms with Gasteiger partial charge in [0.25, 0.3) is 0 Å². The predicted molar refractivity (Wildman–Crippen MR) is 110 cm³/mol. The van der Waals surface area contributed by atoms with Gasteiger partial charge in [-0.2, -0.15) is 0 Å². The molecule has 1 aliphatic rings. The van der Waals surface area contributed by atoms with Crippen LogP contribution in [-0.4, -0.2) is 48.5 Å². The van der Waals surface area contributed by atoms with E-state index in [1.165, 1.54) is 30.5 Å². The summed E-state index contributed by atoms with van der Waals surface area (Å²) in [7, 11) is -2.23. The fourth-order valence-electron chi connectivity index (χ4n) is 3.31. The van der Waals surface area contributed by atoms with E-state index in [-0.39, 0.29) is 35.3 Å². The van der Waals surface area contributed by atoms with E-state index in [4.69, 9.17) is 4.74 Å². The summed E-state index contributed by atoms with van der Waals surface area (Å²) in [6.45, 7) is 4.79. The minimum Gasteiger partial charge on any atom is -0.383 e. The quantitative estimate of drug-likeness (QED) is 0.571. The maximum absolute atomic E-state index is 13.2. The van der Waals surface area contributed by atoms with Gasteiger partial charge in [0.15, 0.2) is 0 Å². The number of halogens is 1. The normalized spacial score (nSPS) is 14.3. The van der Waals surface area contributed by atoms with Crippen LogP contribution in [0.3, 0.4) is 0 Å². The Morgan fingerprint density at radius 2 is 1.97 bits per heavy atom. The highest BCUT2D eigenvalue weighted by atomic mass is 32.2. The highest BCUT2D eigenvalue weighted by molar-refractivity contribution is 7.90. The molecule has 1 fully saturated rings. The number of carbonyl (C=O) groups is 1. The first-order chi connectivity index (χ1) is 14.2. The number of amides is 1. The van der Waals surface area contributed by atoms with E-state index in [0.29, 0.717) is 24.4 Å². The number of aromatic nitrogens is 2. The fourth-order valence-corrected chi connectivity index (χ4v) is 4.83. The number of methoxy groups -OCH3 is 1. The van der Waals surface area contributed by atoms with Gasteiger partial charge in [-0.15, -0.1) is 0 Å². The van der Waals surface area contributed by atoms with Crippen LogP contribution in [0.1, 0.15) is 37.9 Å². The van der Waals surface area contributed by atoms with Gasteiger partial charge in [0.1, 0.15) is 5.82 Å². The molecule has 1 heterocycles. The molecule has 0 unspecified atom stereocenters. The molecule has 0 atom stereocenters. The summed E-state index contributed by atoms with van der Waals surface area (Å²) in [5.41, 5.74) is 1.12. The molecule has 0 spiro atoms. The summed E-state index contributed by atoms with van der Waals surface area (Å²) in [4.78, 5) is 18.6. The summed E-state index contributed by atoms with van der Waals surface area (Å²) in [6, 6.07) is 5.36. The Bertz CT molecular complexity index is 982. The Hall–Kier alpha value is -2.26. The van der Waals surface area contributed by atoms with Gasteiger partial charge in [-0.25, -0.2) is 17.8 Å². The second-order valence-electron chi connectivity index (χ2n) is 7.90. The van der Waals surface area contributed by atoms with Crippen molar-refractivity contribution in [3.05, 3.63) is 47.5 Å². The van der Waals surface area contributed by atoms with E-state index in [1.807, 2.05) is 13.8 Å². The van der Waals surface area contributed by atoms with Crippen molar-refractivity contribution in [2.24, 2.45) is 5.92 Å². The van der Waals surface area contributed by atoms with Gasteiger partial charge < -0.3 is 14.2 Å². The van der Waals surface area contributed by atoms with Crippen molar-refractivity contribution in [2.75, 3.05) is 13.7 Å². The fraction of sp³-hybridized carbons (Fsp3) is 0.524. The minimum atomic E-state index is -3.78. The number of hydrogen-bond donors (Lipinski definition) is 0. The molecule has 164 valence electrons. The number of ether oxygens (including phenoxy) is 1. The number of nitrogens with zero attached hydrogens (tertiary/aromatic N) is 3. The Kier molecular flexibility index (Phi) is 6.92. The Balaban J connectivity index is 1.90. The van der Waals surface area contributed by atoms with Crippen LogP contribution in [0.2, 0.25) is 0 Å². The van der Waals surface area contributed by atoms with Crippen molar-refractivity contribution in [2.45, 2.75) is 56.7 Å². The molecule has 7 nitrogen and oxygen atoms in total. The van der Waals surface area contributed by atoms with Crippen LogP contribution in [0.5, 0.6) is 0 Å². The van der Waals surface area contributed by atoms with Crippen LogP contribution < -0.4 is 0 Å². The van der Waals surface area contributed by atoms with Gasteiger partial charge in [-0.3, -0.25) is 4.79 Å². The SMILES string of the molecule is COCCn1c(CN(C(=O)C2CC2)C(C)C)cnc1S(=O)(=O)Cc1ccc(F)cc1. The second-order valence-corrected chi connectivity index (χ2v) is 9.78. The zero-order chi connectivity index (χ0) is 21.9. The van der Waals surface area contributed by atoms with E-state index in [2.05, 4.69) is 4.98 Å². The van der Waals surface area contributed by atoms with Crippen molar-refractivity contribution in [3.8, 4) is 0 Å². The van der Waals surface area contributed by atoms with Gasteiger partial charge in [-0.1, -0.05) is 12.1 Å². The first-order valence-corrected chi connectivity index (χ1v) is 11.7. The molecule has 0 radical (unpaired) electrons. The van der Waals surface area contributed by atoms with E-state index < -0.39 is 15.7 Å². The number of imidazole rings is 1. The number of rotatable bonds is 10. The average Bonchev–Trinajstić information content (AvgIpc) is 3.46. The lowest BCUT2D eigenvalue weighted by atomic mass is 10.2. The Morgan fingerprint density at radius 1 is 1.30 bits per heavy atom. The summed E-state index contributed by atoms with van der Waals surface area (Å²) in [6.07, 6.45) is 3.33. The zero-order valence-electron chi connectivity index (χ0n) is 17.5. The number of sulfone groups is 1. The first kappa shape index (κ1) is 22.4. The van der Waals surface area contributed by atoms with Crippen molar-refractivity contribution in [3.63, 3.8) is 0 Å². The maximum Gasteiger partial charge on any atom is 0.228 e. The van der Waals surface area contributed by atoms with Gasteiger partial charge in [0.2, 0.25) is 20.9 Å². The second kappa shape index (κ2) is 9.26. The lowest BCUT2D eigenvalue weighted by Crippen LogP contribution is -2.38. The van der Waals surface area contributed by atoms with Crippen molar-refractivity contribution < 1.29 is 22.3 Å². The lowest BCUT2D eigenvalue weighted by molar-refractivity contribution is -0.135. The topological polar surface area (TPSA) is 81.5 Å². The molecule has 1 saturated carbocycles. The molecule has 1 aromatic carbocycles. The third-order valence-electron chi connectivity index (χ3n) is 5.13. The summed E-state index contributed by atoms with van der Waals surface area (Å²) in [5.74, 6) is -0.537. The summed E-state index contributed by atoms with van der Waals surface area (Å²) >= 11 is 0. The maximum atomic E-state index is 13.2. The van der Waals surface area contributed by atoms with Crippen LogP contribution in [-0.2, 0) is 38.2 Å². The average molecular weight is 438 g/mol. The molecule has 30 heavy (non-hydrogen) atoms. The molecule has 0 bridgehead atoms. The van der Waals surface area contributed by atoms with E-state index in [9.17, 15) is 17.6 Å². The zero-order valence-corrected chi connectivity index (χ0v) is 18.4. The monoisotopic (exact) mass is 437 g/mol. The number of carbonyl (C=O) groups excluding carboxylic acids is 1. The van der Waals surface area contributed by atoms with Crippen LogP contribution in [0.4, 0.5) is 4.39 Å². The van der Waals surface area contributed by atoms with Crippen LogP contribution in [0.15, 0.2) is 35.6 Å². The third-order valence-corrected chi connectivity index (χ3v) is 6.73. The van der Waals surface area contributed by atoms with Gasteiger partial charge in [0.05, 0.1) is 30.8 Å². The third kappa shape index (κ3) is 5.26. The first-order valence-electron chi connectivity index (χ1n) is 10.0. The number of benzene rings is 1. The molecule has 1 aromatic heterocycles. The van der Waals surface area contributed by atoms with Gasteiger partial charge in [0, 0.05) is 25.6 Å². The van der Waals surface area contributed by atoms with Gasteiger partial charge >= 0.3 is 0 Å². The smallest absolute Gasteiger partial charge is 0.228 e. The molecular weight excluding hydrogens is 409 g/mol. The highest BCUT2D eigenvalue weighted by Gasteiger charge is 2.35. The highest BCUT2D eigenvalue weighted by Crippen LogP contribution is 2.32. The molecular formula is C21H28FN3O4S. The van der Waals surface area contributed by atoms with Crippen molar-refractivity contribution >= 4 is 15.7 Å². The molecule has 9 heteroatoms. The Morgan fingerprint density at radius 3 is 2.53 bits per heavy atom. The van der Waals surface area contributed by atoms with Crippen LogP contribution in [0.25, 0.3) is 0 Å².